The highest BCUT2D eigenvalue weighted by atomic mass is 16.6. The third-order valence-electron chi connectivity index (χ3n) is 2.67. The van der Waals surface area contributed by atoms with Crippen molar-refractivity contribution in [2.75, 3.05) is 20.1 Å². The van der Waals surface area contributed by atoms with Gasteiger partial charge in [0.1, 0.15) is 5.60 Å². The fraction of sp³-hybridized carbons (Fsp3) is 0.643. The molecule has 0 aliphatic heterocycles. The molecule has 3 N–H and O–H groups in total. The summed E-state index contributed by atoms with van der Waals surface area (Å²) in [5.41, 5.74) is 0.563. The predicted molar refractivity (Wildman–Crippen MR) is 85.6 cm³/mol. The zero-order valence-electron chi connectivity index (χ0n) is 13.9. The molecule has 22 heavy (non-hydrogen) atoms. The predicted octanol–water partition coefficient (Wildman–Crippen LogP) is 0.610. The van der Waals surface area contributed by atoms with E-state index < -0.39 is 11.7 Å². The second-order valence-corrected chi connectivity index (χ2v) is 5.73. The van der Waals surface area contributed by atoms with Crippen molar-refractivity contribution in [3.05, 3.63) is 18.0 Å². The lowest BCUT2D eigenvalue weighted by Crippen LogP contribution is -2.42. The van der Waals surface area contributed by atoms with Crippen LogP contribution in [0.15, 0.2) is 17.3 Å². The molecule has 1 amide bonds. The van der Waals surface area contributed by atoms with E-state index in [0.29, 0.717) is 25.6 Å². The summed E-state index contributed by atoms with van der Waals surface area (Å²) in [5.74, 6) is 0.659. The number of hydrogen-bond donors (Lipinski definition) is 3. The van der Waals surface area contributed by atoms with Gasteiger partial charge in [-0.05, 0) is 26.8 Å². The Bertz CT molecular complexity index is 504. The van der Waals surface area contributed by atoms with Crippen molar-refractivity contribution in [3.8, 4) is 0 Å². The normalized spacial score (nSPS) is 12.0. The number of alkyl carbamates (subject to hydrolysis) is 1. The molecular weight excluding hydrogens is 284 g/mol. The Labute approximate surface area is 131 Å². The maximum absolute atomic E-state index is 11.5. The molecular formula is C14H26N6O2. The van der Waals surface area contributed by atoms with Crippen molar-refractivity contribution >= 4 is 12.1 Å². The number of guanidine groups is 1. The van der Waals surface area contributed by atoms with Gasteiger partial charge in [-0.15, -0.1) is 0 Å². The molecule has 0 radical (unpaired) electrons. The first-order chi connectivity index (χ1) is 10.3. The smallest absolute Gasteiger partial charge is 0.407 e. The van der Waals surface area contributed by atoms with Crippen LogP contribution in [0, 0.1) is 0 Å². The lowest BCUT2D eigenvalue weighted by atomic mass is 10.2. The maximum atomic E-state index is 11.5. The third-order valence-corrected chi connectivity index (χ3v) is 2.67. The van der Waals surface area contributed by atoms with E-state index in [1.165, 1.54) is 0 Å². The van der Waals surface area contributed by atoms with E-state index in [1.54, 1.807) is 17.9 Å². The molecule has 0 fully saturated rings. The van der Waals surface area contributed by atoms with Crippen molar-refractivity contribution in [1.82, 2.24) is 25.7 Å². The highest BCUT2D eigenvalue weighted by molar-refractivity contribution is 5.79. The van der Waals surface area contributed by atoms with E-state index in [1.807, 2.05) is 33.9 Å². The molecule has 0 aliphatic rings. The van der Waals surface area contributed by atoms with Gasteiger partial charge in [0.05, 0.1) is 12.2 Å². The molecule has 8 heteroatoms. The summed E-state index contributed by atoms with van der Waals surface area (Å²) in [7, 11) is 3.58. The van der Waals surface area contributed by atoms with E-state index in [4.69, 9.17) is 4.74 Å². The Hall–Kier alpha value is -2.25. The molecule has 0 saturated heterocycles. The van der Waals surface area contributed by atoms with Gasteiger partial charge in [0.2, 0.25) is 0 Å². The number of aromatic nitrogens is 2. The van der Waals surface area contributed by atoms with E-state index in [9.17, 15) is 4.79 Å². The summed E-state index contributed by atoms with van der Waals surface area (Å²) in [4.78, 5) is 15.6. The number of aliphatic imine (C=N–C) groups is 1. The van der Waals surface area contributed by atoms with Crippen molar-refractivity contribution in [2.45, 2.75) is 32.9 Å². The molecule has 124 valence electrons. The van der Waals surface area contributed by atoms with Gasteiger partial charge in [-0.1, -0.05) is 0 Å². The molecule has 1 rings (SSSR count). The molecule has 0 spiro atoms. The summed E-state index contributed by atoms with van der Waals surface area (Å²) in [5, 5.41) is 13.1. The average molecular weight is 310 g/mol. The topological polar surface area (TPSA) is 92.6 Å². The van der Waals surface area contributed by atoms with Gasteiger partial charge in [-0.3, -0.25) is 9.67 Å². The minimum Gasteiger partial charge on any atom is -0.444 e. The first kappa shape index (κ1) is 17.8. The van der Waals surface area contributed by atoms with E-state index in [2.05, 4.69) is 26.0 Å². The number of hydrogen-bond acceptors (Lipinski definition) is 4. The summed E-state index contributed by atoms with van der Waals surface area (Å²) < 4.78 is 6.94. The minimum atomic E-state index is -0.488. The van der Waals surface area contributed by atoms with Crippen LogP contribution in [0.25, 0.3) is 0 Å². The Morgan fingerprint density at radius 3 is 2.55 bits per heavy atom. The third kappa shape index (κ3) is 6.96. The molecule has 1 heterocycles. The Balaban J connectivity index is 2.22. The number of ether oxygens (including phenoxy) is 1. The standard InChI is InChI=1S/C14H26N6O2/c1-14(2,3)22-13(21)17-9-8-16-12(15-4)18-10-11-6-7-19-20(11)5/h6-7H,8-10H2,1-5H3,(H,17,21)(H2,15,16,18). The van der Waals surface area contributed by atoms with Gasteiger partial charge in [0, 0.05) is 33.4 Å². The molecule has 1 aromatic rings. The van der Waals surface area contributed by atoms with Crippen LogP contribution >= 0.6 is 0 Å². The summed E-state index contributed by atoms with van der Waals surface area (Å²) >= 11 is 0. The van der Waals surface area contributed by atoms with Gasteiger partial charge in [0.15, 0.2) is 5.96 Å². The van der Waals surface area contributed by atoms with Crippen LogP contribution in [0.1, 0.15) is 26.5 Å². The van der Waals surface area contributed by atoms with Crippen LogP contribution < -0.4 is 16.0 Å². The van der Waals surface area contributed by atoms with Crippen molar-refractivity contribution in [2.24, 2.45) is 12.0 Å². The van der Waals surface area contributed by atoms with Crippen LogP contribution in [0.4, 0.5) is 4.79 Å². The monoisotopic (exact) mass is 310 g/mol. The average Bonchev–Trinajstić information content (AvgIpc) is 2.81. The molecule has 8 nitrogen and oxygen atoms in total. The first-order valence-corrected chi connectivity index (χ1v) is 7.20. The van der Waals surface area contributed by atoms with Crippen molar-refractivity contribution < 1.29 is 9.53 Å². The Morgan fingerprint density at radius 2 is 2.00 bits per heavy atom. The zero-order chi connectivity index (χ0) is 16.6. The second-order valence-electron chi connectivity index (χ2n) is 5.73. The Morgan fingerprint density at radius 1 is 1.32 bits per heavy atom. The zero-order valence-corrected chi connectivity index (χ0v) is 13.9. The maximum Gasteiger partial charge on any atom is 0.407 e. The fourth-order valence-electron chi connectivity index (χ4n) is 1.63. The minimum absolute atomic E-state index is 0.424. The molecule has 0 saturated carbocycles. The van der Waals surface area contributed by atoms with Crippen molar-refractivity contribution in [3.63, 3.8) is 0 Å². The number of carbonyl (C=O) groups is 1. The number of nitrogens with one attached hydrogen (secondary N) is 3. The van der Waals surface area contributed by atoms with E-state index in [0.717, 1.165) is 5.69 Å². The fourth-order valence-corrected chi connectivity index (χ4v) is 1.63. The van der Waals surface area contributed by atoms with Gasteiger partial charge in [-0.25, -0.2) is 4.79 Å². The first-order valence-electron chi connectivity index (χ1n) is 7.20. The van der Waals surface area contributed by atoms with Crippen LogP contribution in [0.2, 0.25) is 0 Å². The van der Waals surface area contributed by atoms with Crippen LogP contribution in [0.3, 0.4) is 0 Å². The summed E-state index contributed by atoms with van der Waals surface area (Å²) in [6, 6.07) is 1.93. The summed E-state index contributed by atoms with van der Waals surface area (Å²) in [6.07, 6.45) is 1.32. The molecule has 0 unspecified atom stereocenters. The molecule has 0 atom stereocenters. The molecule has 0 aliphatic carbocycles. The molecule has 0 aromatic carbocycles. The van der Waals surface area contributed by atoms with Crippen LogP contribution in [0.5, 0.6) is 0 Å². The molecule has 0 bridgehead atoms. The second kappa shape index (κ2) is 8.26. The SMILES string of the molecule is CN=C(NCCNC(=O)OC(C)(C)C)NCc1ccnn1C. The lowest BCUT2D eigenvalue weighted by molar-refractivity contribution is 0.0529. The van der Waals surface area contributed by atoms with Gasteiger partial charge < -0.3 is 20.7 Å². The van der Waals surface area contributed by atoms with Crippen LogP contribution in [-0.4, -0.2) is 47.6 Å². The van der Waals surface area contributed by atoms with E-state index >= 15 is 0 Å². The number of nitrogens with zero attached hydrogens (tertiary/aromatic N) is 3. The quantitative estimate of drug-likeness (QED) is 0.421. The van der Waals surface area contributed by atoms with Gasteiger partial charge in [0.25, 0.3) is 0 Å². The van der Waals surface area contributed by atoms with Crippen molar-refractivity contribution in [1.29, 1.82) is 0 Å². The highest BCUT2D eigenvalue weighted by Gasteiger charge is 2.15. The van der Waals surface area contributed by atoms with E-state index in [-0.39, 0.29) is 0 Å². The van der Waals surface area contributed by atoms with Crippen LogP contribution in [-0.2, 0) is 18.3 Å². The Kier molecular flexibility index (Phi) is 6.68. The number of aryl methyl sites for hydroxylation is 1. The van der Waals surface area contributed by atoms with Gasteiger partial charge in [-0.2, -0.15) is 5.10 Å². The van der Waals surface area contributed by atoms with Gasteiger partial charge >= 0.3 is 6.09 Å². The lowest BCUT2D eigenvalue weighted by Gasteiger charge is -2.19. The highest BCUT2D eigenvalue weighted by Crippen LogP contribution is 2.05. The summed E-state index contributed by atoms with van der Waals surface area (Å²) in [6.45, 7) is 7.10. The number of rotatable bonds is 5. The number of amides is 1. The largest absolute Gasteiger partial charge is 0.444 e. The molecule has 1 aromatic heterocycles. The number of carbonyl (C=O) groups excluding carboxylic acids is 1.